The Balaban J connectivity index is 1.98. The van der Waals surface area contributed by atoms with E-state index in [1.807, 2.05) is 0 Å². The van der Waals surface area contributed by atoms with E-state index in [2.05, 4.69) is 12.2 Å². The number of carbonyl (C=O) groups is 1. The molecule has 1 fully saturated rings. The average Bonchev–Trinajstić information content (AvgIpc) is 2.58. The number of halogens is 1. The second-order valence-corrected chi connectivity index (χ2v) is 5.75. The van der Waals surface area contributed by atoms with E-state index in [-0.39, 0.29) is 17.8 Å². The van der Waals surface area contributed by atoms with Crippen LogP contribution in [-0.2, 0) is 0 Å². The second kappa shape index (κ2) is 6.18. The van der Waals surface area contributed by atoms with E-state index in [1.165, 1.54) is 25.3 Å². The Bertz CT molecular complexity index is 458. The van der Waals surface area contributed by atoms with Crippen molar-refractivity contribution in [2.45, 2.75) is 52.0 Å². The predicted octanol–water partition coefficient (Wildman–Crippen LogP) is 3.83. The van der Waals surface area contributed by atoms with Crippen LogP contribution in [0.2, 0.25) is 0 Å². The van der Waals surface area contributed by atoms with Crippen LogP contribution in [0, 0.1) is 18.7 Å². The average molecular weight is 263 g/mol. The maximum absolute atomic E-state index is 13.2. The molecule has 0 heterocycles. The molecule has 1 aliphatic carbocycles. The zero-order chi connectivity index (χ0) is 13.8. The van der Waals surface area contributed by atoms with Gasteiger partial charge in [0.25, 0.3) is 5.91 Å². The maximum Gasteiger partial charge on any atom is 0.251 e. The van der Waals surface area contributed by atoms with Crippen molar-refractivity contribution in [3.8, 4) is 0 Å². The Kier molecular flexibility index (Phi) is 4.56. The summed E-state index contributed by atoms with van der Waals surface area (Å²) >= 11 is 0. The van der Waals surface area contributed by atoms with Crippen molar-refractivity contribution in [2.24, 2.45) is 5.92 Å². The van der Waals surface area contributed by atoms with Crippen LogP contribution in [0.3, 0.4) is 0 Å². The molecule has 104 valence electrons. The van der Waals surface area contributed by atoms with Crippen LogP contribution in [-0.4, -0.2) is 11.9 Å². The molecule has 0 spiro atoms. The van der Waals surface area contributed by atoms with Gasteiger partial charge in [-0.1, -0.05) is 19.8 Å². The van der Waals surface area contributed by atoms with E-state index in [0.29, 0.717) is 11.1 Å². The largest absolute Gasteiger partial charge is 0.349 e. The summed E-state index contributed by atoms with van der Waals surface area (Å²) in [5, 5.41) is 3.08. The van der Waals surface area contributed by atoms with Gasteiger partial charge in [-0.2, -0.15) is 0 Å². The molecule has 0 saturated heterocycles. The molecule has 1 aromatic carbocycles. The standard InChI is InChI=1S/C16H22FNO/c1-11-4-3-5-14(8-6-11)18-16(19)13-7-9-15(17)12(2)10-13/h7,9-11,14H,3-6,8H2,1-2H3,(H,18,19). The summed E-state index contributed by atoms with van der Waals surface area (Å²) < 4.78 is 13.2. The van der Waals surface area contributed by atoms with Gasteiger partial charge in [0.1, 0.15) is 5.82 Å². The number of aryl methyl sites for hydroxylation is 1. The van der Waals surface area contributed by atoms with E-state index in [4.69, 9.17) is 0 Å². The van der Waals surface area contributed by atoms with E-state index in [1.54, 1.807) is 19.1 Å². The van der Waals surface area contributed by atoms with E-state index in [0.717, 1.165) is 18.8 Å². The van der Waals surface area contributed by atoms with Gasteiger partial charge < -0.3 is 5.32 Å². The molecule has 0 aromatic heterocycles. The molecular formula is C16H22FNO. The van der Waals surface area contributed by atoms with E-state index in [9.17, 15) is 9.18 Å². The van der Waals surface area contributed by atoms with E-state index >= 15 is 0 Å². The SMILES string of the molecule is Cc1cc(C(=O)NC2CCCC(C)CC2)ccc1F. The summed E-state index contributed by atoms with van der Waals surface area (Å²) in [5.74, 6) is 0.414. The number of nitrogens with one attached hydrogen (secondary N) is 1. The number of carbonyl (C=O) groups excluding carboxylic acids is 1. The maximum atomic E-state index is 13.2. The molecule has 1 aliphatic rings. The molecule has 1 N–H and O–H groups in total. The molecule has 3 heteroatoms. The third-order valence-corrected chi connectivity index (χ3v) is 4.01. The Morgan fingerprint density at radius 1 is 1.26 bits per heavy atom. The molecule has 2 nitrogen and oxygen atoms in total. The van der Waals surface area contributed by atoms with Crippen molar-refractivity contribution >= 4 is 5.91 Å². The van der Waals surface area contributed by atoms with Gasteiger partial charge >= 0.3 is 0 Å². The monoisotopic (exact) mass is 263 g/mol. The highest BCUT2D eigenvalue weighted by Crippen LogP contribution is 2.23. The number of hydrogen-bond donors (Lipinski definition) is 1. The second-order valence-electron chi connectivity index (χ2n) is 5.75. The summed E-state index contributed by atoms with van der Waals surface area (Å²) in [7, 11) is 0. The smallest absolute Gasteiger partial charge is 0.251 e. The van der Waals surface area contributed by atoms with Crippen molar-refractivity contribution < 1.29 is 9.18 Å². The molecule has 1 saturated carbocycles. The highest BCUT2D eigenvalue weighted by Gasteiger charge is 2.18. The first kappa shape index (κ1) is 14.0. The third kappa shape index (κ3) is 3.79. The Morgan fingerprint density at radius 2 is 2.05 bits per heavy atom. The first-order valence-corrected chi connectivity index (χ1v) is 7.13. The molecule has 1 amide bonds. The fourth-order valence-electron chi connectivity index (χ4n) is 2.69. The Labute approximate surface area is 114 Å². The van der Waals surface area contributed by atoms with Gasteiger partial charge in [0, 0.05) is 11.6 Å². The highest BCUT2D eigenvalue weighted by molar-refractivity contribution is 5.94. The van der Waals surface area contributed by atoms with Crippen molar-refractivity contribution in [1.29, 1.82) is 0 Å². The van der Waals surface area contributed by atoms with Gasteiger partial charge in [0.15, 0.2) is 0 Å². The Morgan fingerprint density at radius 3 is 2.79 bits per heavy atom. The van der Waals surface area contributed by atoms with Crippen LogP contribution < -0.4 is 5.32 Å². The van der Waals surface area contributed by atoms with Crippen LogP contribution in [0.15, 0.2) is 18.2 Å². The van der Waals surface area contributed by atoms with Gasteiger partial charge in [-0.3, -0.25) is 4.79 Å². The summed E-state index contributed by atoms with van der Waals surface area (Å²) in [6.07, 6.45) is 5.70. The molecule has 0 bridgehead atoms. The van der Waals surface area contributed by atoms with Crippen LogP contribution in [0.25, 0.3) is 0 Å². The zero-order valence-corrected chi connectivity index (χ0v) is 11.7. The summed E-state index contributed by atoms with van der Waals surface area (Å²) in [4.78, 5) is 12.1. The molecule has 0 aliphatic heterocycles. The molecule has 2 atom stereocenters. The topological polar surface area (TPSA) is 29.1 Å². The fraction of sp³-hybridized carbons (Fsp3) is 0.562. The van der Waals surface area contributed by atoms with Crippen molar-refractivity contribution in [3.05, 3.63) is 35.1 Å². The summed E-state index contributed by atoms with van der Waals surface area (Å²) in [6.45, 7) is 3.95. The quantitative estimate of drug-likeness (QED) is 0.807. The van der Waals surface area contributed by atoms with Crippen LogP contribution >= 0.6 is 0 Å². The lowest BCUT2D eigenvalue weighted by Crippen LogP contribution is -2.34. The van der Waals surface area contributed by atoms with Crippen molar-refractivity contribution in [1.82, 2.24) is 5.32 Å². The first-order valence-electron chi connectivity index (χ1n) is 7.13. The lowest BCUT2D eigenvalue weighted by molar-refractivity contribution is 0.0933. The molecule has 19 heavy (non-hydrogen) atoms. The fourth-order valence-corrected chi connectivity index (χ4v) is 2.69. The lowest BCUT2D eigenvalue weighted by Gasteiger charge is -2.16. The predicted molar refractivity (Wildman–Crippen MR) is 74.6 cm³/mol. The van der Waals surface area contributed by atoms with Crippen molar-refractivity contribution in [3.63, 3.8) is 0 Å². The molecular weight excluding hydrogens is 241 g/mol. The number of amides is 1. The van der Waals surface area contributed by atoms with Crippen LogP contribution in [0.5, 0.6) is 0 Å². The lowest BCUT2D eigenvalue weighted by atomic mass is 10.0. The molecule has 0 radical (unpaired) electrons. The third-order valence-electron chi connectivity index (χ3n) is 4.01. The summed E-state index contributed by atoms with van der Waals surface area (Å²) in [6, 6.07) is 4.79. The minimum absolute atomic E-state index is 0.0809. The molecule has 2 rings (SSSR count). The summed E-state index contributed by atoms with van der Waals surface area (Å²) in [5.41, 5.74) is 1.07. The van der Waals surface area contributed by atoms with E-state index < -0.39 is 0 Å². The van der Waals surface area contributed by atoms with Gasteiger partial charge in [0.05, 0.1) is 0 Å². The number of benzene rings is 1. The van der Waals surface area contributed by atoms with Gasteiger partial charge in [-0.15, -0.1) is 0 Å². The molecule has 1 aromatic rings. The number of rotatable bonds is 2. The zero-order valence-electron chi connectivity index (χ0n) is 11.7. The van der Waals surface area contributed by atoms with Crippen molar-refractivity contribution in [2.75, 3.05) is 0 Å². The van der Waals surface area contributed by atoms with Crippen LogP contribution in [0.4, 0.5) is 4.39 Å². The van der Waals surface area contributed by atoms with Crippen LogP contribution in [0.1, 0.15) is 54.9 Å². The number of hydrogen-bond acceptors (Lipinski definition) is 1. The normalized spacial score (nSPS) is 23.7. The Hall–Kier alpha value is -1.38. The van der Waals surface area contributed by atoms with Gasteiger partial charge in [-0.25, -0.2) is 4.39 Å². The molecule has 2 unspecified atom stereocenters. The van der Waals surface area contributed by atoms with Gasteiger partial charge in [0.2, 0.25) is 0 Å². The first-order chi connectivity index (χ1) is 9.06. The highest BCUT2D eigenvalue weighted by atomic mass is 19.1. The van der Waals surface area contributed by atoms with Gasteiger partial charge in [-0.05, 0) is 55.9 Å². The minimum atomic E-state index is -0.264. The minimum Gasteiger partial charge on any atom is -0.349 e.